The number of hydrogen-bond acceptors (Lipinski definition) is 4. The summed E-state index contributed by atoms with van der Waals surface area (Å²) in [6, 6.07) is 16.0. The highest BCUT2D eigenvalue weighted by Crippen LogP contribution is 2.16. The lowest BCUT2D eigenvalue weighted by Crippen LogP contribution is -2.07. The molecular weight excluding hydrogens is 254 g/mol. The van der Waals surface area contributed by atoms with Gasteiger partial charge in [0.1, 0.15) is 12.4 Å². The van der Waals surface area contributed by atoms with E-state index in [1.165, 1.54) is 7.11 Å². The van der Waals surface area contributed by atoms with E-state index in [4.69, 9.17) is 14.7 Å². The second-order valence-electron chi connectivity index (χ2n) is 4.07. The third-order valence-electron chi connectivity index (χ3n) is 2.80. The van der Waals surface area contributed by atoms with E-state index in [1.54, 1.807) is 36.4 Å². The molecule has 0 N–H and O–H groups in total. The largest absolute Gasteiger partial charge is 0.489 e. The molecule has 2 rings (SSSR count). The van der Waals surface area contributed by atoms with E-state index in [9.17, 15) is 4.79 Å². The Morgan fingerprint density at radius 3 is 2.50 bits per heavy atom. The van der Waals surface area contributed by atoms with Crippen molar-refractivity contribution >= 4 is 5.97 Å². The monoisotopic (exact) mass is 267 g/mol. The van der Waals surface area contributed by atoms with Crippen LogP contribution in [-0.4, -0.2) is 13.1 Å². The lowest BCUT2D eigenvalue weighted by atomic mass is 10.1. The molecule has 4 nitrogen and oxygen atoms in total. The van der Waals surface area contributed by atoms with Gasteiger partial charge in [0.2, 0.25) is 0 Å². The normalized spacial score (nSPS) is 9.60. The molecule has 0 aromatic heterocycles. The van der Waals surface area contributed by atoms with Gasteiger partial charge in [0, 0.05) is 5.56 Å². The maximum Gasteiger partial charge on any atom is 0.338 e. The quantitative estimate of drug-likeness (QED) is 0.799. The first-order valence-electron chi connectivity index (χ1n) is 6.04. The van der Waals surface area contributed by atoms with Crippen LogP contribution in [0, 0.1) is 11.3 Å². The number of hydrogen-bond donors (Lipinski definition) is 0. The SMILES string of the molecule is COC(=O)c1ccccc1COc1ccc(C#N)cc1. The highest BCUT2D eigenvalue weighted by atomic mass is 16.5. The fraction of sp³-hybridized carbons (Fsp3) is 0.125. The van der Waals surface area contributed by atoms with Gasteiger partial charge in [-0.2, -0.15) is 5.26 Å². The number of nitriles is 1. The topological polar surface area (TPSA) is 59.3 Å². The first-order chi connectivity index (χ1) is 9.74. The van der Waals surface area contributed by atoms with E-state index in [0.717, 1.165) is 5.56 Å². The van der Waals surface area contributed by atoms with Crippen LogP contribution in [0.3, 0.4) is 0 Å². The highest BCUT2D eigenvalue weighted by molar-refractivity contribution is 5.90. The van der Waals surface area contributed by atoms with Crippen LogP contribution >= 0.6 is 0 Å². The van der Waals surface area contributed by atoms with Crippen molar-refractivity contribution in [3.8, 4) is 11.8 Å². The number of esters is 1. The molecule has 4 heteroatoms. The molecule has 0 heterocycles. The zero-order valence-corrected chi connectivity index (χ0v) is 11.0. The summed E-state index contributed by atoms with van der Waals surface area (Å²) in [4.78, 5) is 11.6. The summed E-state index contributed by atoms with van der Waals surface area (Å²) < 4.78 is 10.3. The lowest BCUT2D eigenvalue weighted by Gasteiger charge is -2.09. The summed E-state index contributed by atoms with van der Waals surface area (Å²) in [5.41, 5.74) is 1.82. The van der Waals surface area contributed by atoms with Crippen molar-refractivity contribution in [2.24, 2.45) is 0 Å². The molecule has 2 aromatic carbocycles. The number of carbonyl (C=O) groups is 1. The summed E-state index contributed by atoms with van der Waals surface area (Å²) in [5, 5.41) is 8.72. The van der Waals surface area contributed by atoms with Gasteiger partial charge in [-0.25, -0.2) is 4.79 Å². The Labute approximate surface area is 117 Å². The van der Waals surface area contributed by atoms with Crippen LogP contribution in [-0.2, 0) is 11.3 Å². The Hall–Kier alpha value is -2.80. The van der Waals surface area contributed by atoms with Gasteiger partial charge in [0.25, 0.3) is 0 Å². The van der Waals surface area contributed by atoms with Crippen molar-refractivity contribution in [3.63, 3.8) is 0 Å². The third-order valence-corrected chi connectivity index (χ3v) is 2.80. The van der Waals surface area contributed by atoms with Crippen molar-refractivity contribution in [1.29, 1.82) is 5.26 Å². The van der Waals surface area contributed by atoms with Crippen LogP contribution in [0.5, 0.6) is 5.75 Å². The average molecular weight is 267 g/mol. The van der Waals surface area contributed by atoms with Gasteiger partial charge < -0.3 is 9.47 Å². The standard InChI is InChI=1S/C16H13NO3/c1-19-16(18)15-5-3-2-4-13(15)11-20-14-8-6-12(10-17)7-9-14/h2-9H,11H2,1H3. The maximum atomic E-state index is 11.6. The van der Waals surface area contributed by atoms with Gasteiger partial charge in [-0.15, -0.1) is 0 Å². The van der Waals surface area contributed by atoms with Crippen LogP contribution in [0.25, 0.3) is 0 Å². The summed E-state index contributed by atoms with van der Waals surface area (Å²) in [6.45, 7) is 0.261. The van der Waals surface area contributed by atoms with Crippen LogP contribution < -0.4 is 4.74 Å². The van der Waals surface area contributed by atoms with Crippen molar-refractivity contribution in [1.82, 2.24) is 0 Å². The number of methoxy groups -OCH3 is 1. The van der Waals surface area contributed by atoms with Gasteiger partial charge in [0.05, 0.1) is 24.3 Å². The van der Waals surface area contributed by atoms with E-state index in [2.05, 4.69) is 0 Å². The fourth-order valence-electron chi connectivity index (χ4n) is 1.74. The Kier molecular flexibility index (Phi) is 4.35. The smallest absolute Gasteiger partial charge is 0.338 e. The minimum Gasteiger partial charge on any atom is -0.489 e. The second-order valence-corrected chi connectivity index (χ2v) is 4.07. The summed E-state index contributed by atoms with van der Waals surface area (Å²) in [6.07, 6.45) is 0. The lowest BCUT2D eigenvalue weighted by molar-refractivity contribution is 0.0597. The molecule has 0 aliphatic heterocycles. The zero-order chi connectivity index (χ0) is 14.4. The molecule has 0 saturated carbocycles. The molecule has 100 valence electrons. The average Bonchev–Trinajstić information content (AvgIpc) is 2.53. The molecule has 0 atom stereocenters. The molecule has 0 spiro atoms. The van der Waals surface area contributed by atoms with Crippen LogP contribution in [0.2, 0.25) is 0 Å². The minimum atomic E-state index is -0.385. The Morgan fingerprint density at radius 1 is 1.15 bits per heavy atom. The molecule has 0 aliphatic carbocycles. The van der Waals surface area contributed by atoms with Crippen molar-refractivity contribution in [2.45, 2.75) is 6.61 Å². The van der Waals surface area contributed by atoms with Crippen LogP contribution in [0.4, 0.5) is 0 Å². The van der Waals surface area contributed by atoms with E-state index >= 15 is 0 Å². The Morgan fingerprint density at radius 2 is 1.85 bits per heavy atom. The predicted octanol–water partition coefficient (Wildman–Crippen LogP) is 2.92. The number of nitrogens with zero attached hydrogens (tertiary/aromatic N) is 1. The van der Waals surface area contributed by atoms with E-state index in [-0.39, 0.29) is 12.6 Å². The summed E-state index contributed by atoms with van der Waals surface area (Å²) in [5.74, 6) is 0.257. The Balaban J connectivity index is 2.10. The number of benzene rings is 2. The van der Waals surface area contributed by atoms with E-state index in [1.807, 2.05) is 18.2 Å². The van der Waals surface area contributed by atoms with Crippen LogP contribution in [0.15, 0.2) is 48.5 Å². The molecule has 0 amide bonds. The molecule has 0 saturated heterocycles. The van der Waals surface area contributed by atoms with Gasteiger partial charge in [-0.05, 0) is 30.3 Å². The first kappa shape index (κ1) is 13.6. The molecule has 0 bridgehead atoms. The van der Waals surface area contributed by atoms with Crippen molar-refractivity contribution in [3.05, 3.63) is 65.2 Å². The number of carbonyl (C=O) groups excluding carboxylic acids is 1. The maximum absolute atomic E-state index is 11.6. The molecule has 0 fully saturated rings. The van der Waals surface area contributed by atoms with Gasteiger partial charge >= 0.3 is 5.97 Å². The predicted molar refractivity (Wildman–Crippen MR) is 73.3 cm³/mol. The van der Waals surface area contributed by atoms with Gasteiger partial charge in [0.15, 0.2) is 0 Å². The first-order valence-corrected chi connectivity index (χ1v) is 6.04. The summed E-state index contributed by atoms with van der Waals surface area (Å²) in [7, 11) is 1.35. The molecule has 0 radical (unpaired) electrons. The Bertz CT molecular complexity index is 642. The summed E-state index contributed by atoms with van der Waals surface area (Å²) >= 11 is 0. The minimum absolute atomic E-state index is 0.261. The van der Waals surface area contributed by atoms with Crippen LogP contribution in [0.1, 0.15) is 21.5 Å². The molecule has 0 aliphatic rings. The zero-order valence-electron chi connectivity index (χ0n) is 11.0. The molecule has 20 heavy (non-hydrogen) atoms. The molecule has 2 aromatic rings. The van der Waals surface area contributed by atoms with Gasteiger partial charge in [-0.3, -0.25) is 0 Å². The molecular formula is C16H13NO3. The second kappa shape index (κ2) is 6.39. The van der Waals surface area contributed by atoms with Gasteiger partial charge in [-0.1, -0.05) is 18.2 Å². The fourth-order valence-corrected chi connectivity index (χ4v) is 1.74. The third kappa shape index (κ3) is 3.15. The van der Waals surface area contributed by atoms with E-state index < -0.39 is 0 Å². The number of rotatable bonds is 4. The van der Waals surface area contributed by atoms with Crippen molar-refractivity contribution < 1.29 is 14.3 Å². The van der Waals surface area contributed by atoms with Crippen molar-refractivity contribution in [2.75, 3.05) is 7.11 Å². The number of ether oxygens (including phenoxy) is 2. The van der Waals surface area contributed by atoms with E-state index in [0.29, 0.717) is 16.9 Å². The molecule has 0 unspecified atom stereocenters. The highest BCUT2D eigenvalue weighted by Gasteiger charge is 2.11.